The zero-order valence-corrected chi connectivity index (χ0v) is 11.1. The molecule has 2 aromatic heterocycles. The molecule has 0 saturated carbocycles. The fraction of sp³-hybridized carbons (Fsp3) is 0.231. The number of benzene rings is 1. The number of nitrogens with zero attached hydrogens (tertiary/aromatic N) is 3. The molecule has 0 saturated heterocycles. The smallest absolute Gasteiger partial charge is 0.119 e. The third-order valence-electron chi connectivity index (χ3n) is 2.84. The molecule has 0 bridgehead atoms. The molecule has 0 aliphatic carbocycles. The highest BCUT2D eigenvalue weighted by Gasteiger charge is 2.07. The molecular weight excluding hydrogens is 246 g/mol. The molecule has 0 aliphatic rings. The van der Waals surface area contributed by atoms with Crippen LogP contribution in [0.4, 0.5) is 0 Å². The molecule has 18 heavy (non-hydrogen) atoms. The van der Waals surface area contributed by atoms with Crippen LogP contribution in [0.3, 0.4) is 0 Å². The zero-order valence-electron chi connectivity index (χ0n) is 10.3. The molecule has 3 aromatic rings. The molecular formula is C13H13N3OS. The third kappa shape index (κ3) is 1.91. The highest BCUT2D eigenvalue weighted by Crippen LogP contribution is 2.25. The lowest BCUT2D eigenvalue weighted by Crippen LogP contribution is -1.86. The van der Waals surface area contributed by atoms with Gasteiger partial charge < -0.3 is 9.30 Å². The molecule has 0 aliphatic heterocycles. The number of ether oxygens (including phenoxy) is 1. The molecule has 0 atom stereocenters. The molecule has 5 heteroatoms. The van der Waals surface area contributed by atoms with E-state index < -0.39 is 0 Å². The Balaban J connectivity index is 2.02. The minimum atomic E-state index is 0.566. The summed E-state index contributed by atoms with van der Waals surface area (Å²) in [7, 11) is 3.68. The topological polar surface area (TPSA) is 39.9 Å². The summed E-state index contributed by atoms with van der Waals surface area (Å²) in [5.41, 5.74) is 4.21. The lowest BCUT2D eigenvalue weighted by molar-refractivity contribution is 0.184. The molecule has 0 N–H and O–H groups in total. The van der Waals surface area contributed by atoms with Crippen molar-refractivity contribution in [1.82, 2.24) is 14.5 Å². The van der Waals surface area contributed by atoms with Crippen LogP contribution in [0.2, 0.25) is 0 Å². The van der Waals surface area contributed by atoms with Gasteiger partial charge in [0.1, 0.15) is 5.01 Å². The van der Waals surface area contributed by atoms with Crippen LogP contribution in [0, 0.1) is 0 Å². The molecule has 3 rings (SSSR count). The standard InChI is InChI=1S/C13H13N3OS/c1-16-8-14-10-5-9(3-4-12(10)16)11-7-18-13(15-11)6-17-2/h3-5,7-8H,6H2,1-2H3. The Bertz CT molecular complexity index is 686. The van der Waals surface area contributed by atoms with Gasteiger partial charge in [-0.25, -0.2) is 9.97 Å². The van der Waals surface area contributed by atoms with E-state index in [2.05, 4.69) is 33.5 Å². The summed E-state index contributed by atoms with van der Waals surface area (Å²) in [6.07, 6.45) is 1.83. The first-order valence-electron chi connectivity index (χ1n) is 5.63. The number of hydrogen-bond donors (Lipinski definition) is 0. The fourth-order valence-corrected chi connectivity index (χ4v) is 2.70. The highest BCUT2D eigenvalue weighted by molar-refractivity contribution is 7.09. The van der Waals surface area contributed by atoms with Gasteiger partial charge in [-0.15, -0.1) is 11.3 Å². The van der Waals surface area contributed by atoms with Crippen molar-refractivity contribution in [3.63, 3.8) is 0 Å². The molecule has 1 aromatic carbocycles. The van der Waals surface area contributed by atoms with Crippen LogP contribution < -0.4 is 0 Å². The average molecular weight is 259 g/mol. The van der Waals surface area contributed by atoms with Gasteiger partial charge in [-0.2, -0.15) is 0 Å². The summed E-state index contributed by atoms with van der Waals surface area (Å²) >= 11 is 1.62. The van der Waals surface area contributed by atoms with E-state index in [0.717, 1.165) is 27.3 Å². The second kappa shape index (κ2) is 4.51. The monoisotopic (exact) mass is 259 g/mol. The number of imidazole rings is 1. The van der Waals surface area contributed by atoms with Crippen molar-refractivity contribution in [3.05, 3.63) is 34.9 Å². The number of methoxy groups -OCH3 is 1. The molecule has 92 valence electrons. The lowest BCUT2D eigenvalue weighted by Gasteiger charge is -1.98. The molecule has 2 heterocycles. The largest absolute Gasteiger partial charge is 0.378 e. The maximum atomic E-state index is 5.08. The molecule has 4 nitrogen and oxygen atoms in total. The zero-order chi connectivity index (χ0) is 12.5. The Kier molecular flexibility index (Phi) is 2.85. The summed E-state index contributed by atoms with van der Waals surface area (Å²) in [5, 5.41) is 3.05. The first-order chi connectivity index (χ1) is 8.78. The first-order valence-corrected chi connectivity index (χ1v) is 6.50. The minimum absolute atomic E-state index is 0.566. The number of rotatable bonds is 3. The second-order valence-corrected chi connectivity index (χ2v) is 5.06. The number of aromatic nitrogens is 3. The number of hydrogen-bond acceptors (Lipinski definition) is 4. The van der Waals surface area contributed by atoms with Crippen molar-refractivity contribution in [3.8, 4) is 11.3 Å². The van der Waals surface area contributed by atoms with E-state index in [0.29, 0.717) is 6.61 Å². The molecule has 0 radical (unpaired) electrons. The van der Waals surface area contributed by atoms with Crippen LogP contribution in [0.15, 0.2) is 29.9 Å². The van der Waals surface area contributed by atoms with E-state index in [1.807, 2.05) is 17.9 Å². The number of aryl methyl sites for hydroxylation is 1. The summed E-state index contributed by atoms with van der Waals surface area (Å²) in [6.45, 7) is 0.566. The van der Waals surface area contributed by atoms with E-state index in [1.165, 1.54) is 0 Å². The lowest BCUT2D eigenvalue weighted by atomic mass is 10.1. The Morgan fingerprint density at radius 1 is 1.39 bits per heavy atom. The van der Waals surface area contributed by atoms with Crippen LogP contribution in [-0.2, 0) is 18.4 Å². The van der Waals surface area contributed by atoms with E-state index in [4.69, 9.17) is 4.74 Å². The highest BCUT2D eigenvalue weighted by atomic mass is 32.1. The van der Waals surface area contributed by atoms with Crippen LogP contribution in [-0.4, -0.2) is 21.6 Å². The molecule has 0 spiro atoms. The fourth-order valence-electron chi connectivity index (χ4n) is 1.93. The van der Waals surface area contributed by atoms with Crippen molar-refractivity contribution in [2.45, 2.75) is 6.61 Å². The van der Waals surface area contributed by atoms with E-state index in [-0.39, 0.29) is 0 Å². The maximum absolute atomic E-state index is 5.08. The van der Waals surface area contributed by atoms with Crippen molar-refractivity contribution < 1.29 is 4.74 Å². The van der Waals surface area contributed by atoms with Gasteiger partial charge in [0.05, 0.1) is 29.7 Å². The van der Waals surface area contributed by atoms with Crippen molar-refractivity contribution in [2.75, 3.05) is 7.11 Å². The van der Waals surface area contributed by atoms with Gasteiger partial charge in [-0.1, -0.05) is 6.07 Å². The predicted molar refractivity (Wildman–Crippen MR) is 72.5 cm³/mol. The second-order valence-electron chi connectivity index (χ2n) is 4.12. The Labute approximate surface area is 109 Å². The van der Waals surface area contributed by atoms with Gasteiger partial charge in [-0.3, -0.25) is 0 Å². The van der Waals surface area contributed by atoms with Crippen molar-refractivity contribution >= 4 is 22.4 Å². The Morgan fingerprint density at radius 2 is 2.28 bits per heavy atom. The van der Waals surface area contributed by atoms with Gasteiger partial charge in [0.2, 0.25) is 0 Å². The first kappa shape index (κ1) is 11.4. The molecule has 0 fully saturated rings. The van der Waals surface area contributed by atoms with Crippen molar-refractivity contribution in [2.24, 2.45) is 7.05 Å². The van der Waals surface area contributed by atoms with Gasteiger partial charge >= 0.3 is 0 Å². The Hall–Kier alpha value is -1.72. The maximum Gasteiger partial charge on any atom is 0.119 e. The molecule has 0 unspecified atom stereocenters. The number of thiazole rings is 1. The van der Waals surface area contributed by atoms with E-state index in [9.17, 15) is 0 Å². The summed E-state index contributed by atoms with van der Waals surface area (Å²) in [5.74, 6) is 0. The van der Waals surface area contributed by atoms with E-state index >= 15 is 0 Å². The minimum Gasteiger partial charge on any atom is -0.378 e. The van der Waals surface area contributed by atoms with Gasteiger partial charge in [-0.05, 0) is 12.1 Å². The summed E-state index contributed by atoms with van der Waals surface area (Å²) in [4.78, 5) is 8.90. The summed E-state index contributed by atoms with van der Waals surface area (Å²) < 4.78 is 7.09. The van der Waals surface area contributed by atoms with Gasteiger partial charge in [0.15, 0.2) is 0 Å². The third-order valence-corrected chi connectivity index (χ3v) is 3.66. The van der Waals surface area contributed by atoms with Crippen LogP contribution in [0.25, 0.3) is 22.3 Å². The molecule has 0 amide bonds. The van der Waals surface area contributed by atoms with Crippen molar-refractivity contribution in [1.29, 1.82) is 0 Å². The van der Waals surface area contributed by atoms with Crippen LogP contribution in [0.1, 0.15) is 5.01 Å². The summed E-state index contributed by atoms with van der Waals surface area (Å²) in [6, 6.07) is 6.23. The number of fused-ring (bicyclic) bond motifs is 1. The quantitative estimate of drug-likeness (QED) is 0.726. The van der Waals surface area contributed by atoms with Crippen LogP contribution >= 0.6 is 11.3 Å². The predicted octanol–water partition coefficient (Wildman–Crippen LogP) is 2.84. The van der Waals surface area contributed by atoms with Gasteiger partial charge in [0, 0.05) is 25.1 Å². The average Bonchev–Trinajstić information content (AvgIpc) is 2.97. The van der Waals surface area contributed by atoms with E-state index in [1.54, 1.807) is 18.4 Å². The van der Waals surface area contributed by atoms with Gasteiger partial charge in [0.25, 0.3) is 0 Å². The Morgan fingerprint density at radius 3 is 3.11 bits per heavy atom. The SMILES string of the molecule is COCc1nc(-c2ccc3c(c2)ncn3C)cs1. The normalized spacial score (nSPS) is 11.2. The van der Waals surface area contributed by atoms with Crippen LogP contribution in [0.5, 0.6) is 0 Å².